The maximum Gasteiger partial charge on any atom is 0.354 e. The van der Waals surface area contributed by atoms with Gasteiger partial charge in [0.25, 0.3) is 0 Å². The van der Waals surface area contributed by atoms with Crippen molar-refractivity contribution in [2.75, 3.05) is 25.4 Å². The molecule has 2 N–H and O–H groups in total. The van der Waals surface area contributed by atoms with Gasteiger partial charge in [-0.15, -0.1) is 0 Å². The number of nitrogen functional groups attached to an aromatic ring is 1. The summed E-state index contributed by atoms with van der Waals surface area (Å²) in [5.41, 5.74) is 7.30. The molecule has 0 radical (unpaired) electrons. The molecule has 2 atom stereocenters. The Bertz CT molecular complexity index is 744. The number of hydrogen-bond acceptors (Lipinski definition) is 4. The molecule has 2 unspecified atom stereocenters. The monoisotopic (exact) mass is 296 g/mol. The molecular formula is C17H20N4O. The van der Waals surface area contributed by atoms with Crippen LogP contribution in [0.3, 0.4) is 0 Å². The number of likely N-dealkylation sites (tertiary alicyclic amines) is 1. The van der Waals surface area contributed by atoms with Crippen LogP contribution in [0, 0.1) is 11.8 Å². The van der Waals surface area contributed by atoms with Gasteiger partial charge in [0.05, 0.1) is 5.69 Å². The number of nitrogens with two attached hydrogens (primary N) is 1. The highest BCUT2D eigenvalue weighted by atomic mass is 16.1. The van der Waals surface area contributed by atoms with Gasteiger partial charge in [0.15, 0.2) is 0 Å². The molecule has 0 spiro atoms. The van der Waals surface area contributed by atoms with Crippen molar-refractivity contribution in [2.45, 2.75) is 12.8 Å². The zero-order valence-electron chi connectivity index (χ0n) is 12.5. The van der Waals surface area contributed by atoms with Gasteiger partial charge in [0.2, 0.25) is 0 Å². The summed E-state index contributed by atoms with van der Waals surface area (Å²) < 4.78 is 1.53. The predicted molar refractivity (Wildman–Crippen MR) is 86.0 cm³/mol. The number of rotatable bonds is 4. The number of benzene rings is 1. The third-order valence-corrected chi connectivity index (χ3v) is 4.79. The Kier molecular flexibility index (Phi) is 3.22. The van der Waals surface area contributed by atoms with E-state index in [2.05, 4.69) is 22.0 Å². The first-order valence-corrected chi connectivity index (χ1v) is 7.86. The maximum absolute atomic E-state index is 11.9. The summed E-state index contributed by atoms with van der Waals surface area (Å²) >= 11 is 0. The molecular weight excluding hydrogens is 276 g/mol. The average molecular weight is 296 g/mol. The van der Waals surface area contributed by atoms with Crippen molar-refractivity contribution >= 4 is 5.82 Å². The van der Waals surface area contributed by atoms with E-state index in [9.17, 15) is 4.79 Å². The van der Waals surface area contributed by atoms with Crippen LogP contribution in [0.25, 0.3) is 5.69 Å². The highest BCUT2D eigenvalue weighted by molar-refractivity contribution is 5.37. The summed E-state index contributed by atoms with van der Waals surface area (Å²) in [6.07, 6.45) is 4.14. The van der Waals surface area contributed by atoms with Crippen molar-refractivity contribution < 1.29 is 0 Å². The van der Waals surface area contributed by atoms with E-state index < -0.39 is 0 Å². The van der Waals surface area contributed by atoms with Crippen LogP contribution in [0.5, 0.6) is 0 Å². The van der Waals surface area contributed by atoms with Crippen molar-refractivity contribution in [3.8, 4) is 5.69 Å². The standard InChI is InChI=1S/C17H20N4O/c18-16-5-7-21(17(22)19-16)15-3-1-2-12(8-15)4-6-20-10-13-9-14(13)11-20/h1-3,5,7-8,13-14H,4,6,9-11H2,(H2,18,19,22). The van der Waals surface area contributed by atoms with E-state index in [1.165, 1.54) is 29.6 Å². The van der Waals surface area contributed by atoms with E-state index in [1.54, 1.807) is 12.3 Å². The van der Waals surface area contributed by atoms with Gasteiger partial charge in [-0.25, -0.2) is 4.79 Å². The molecule has 0 amide bonds. The van der Waals surface area contributed by atoms with E-state index in [4.69, 9.17) is 5.73 Å². The topological polar surface area (TPSA) is 64.2 Å². The van der Waals surface area contributed by atoms with Crippen LogP contribution < -0.4 is 11.4 Å². The average Bonchev–Trinajstić information content (AvgIpc) is 3.12. The summed E-state index contributed by atoms with van der Waals surface area (Å²) in [7, 11) is 0. The first-order valence-electron chi connectivity index (χ1n) is 7.86. The Balaban J connectivity index is 1.48. The second-order valence-electron chi connectivity index (χ2n) is 6.44. The highest BCUT2D eigenvalue weighted by Gasteiger charge is 2.44. The Morgan fingerprint density at radius 1 is 1.23 bits per heavy atom. The minimum Gasteiger partial charge on any atom is -0.383 e. The Morgan fingerprint density at radius 2 is 2.05 bits per heavy atom. The first-order chi connectivity index (χ1) is 10.7. The fourth-order valence-corrected chi connectivity index (χ4v) is 3.44. The molecule has 2 heterocycles. The zero-order chi connectivity index (χ0) is 15.1. The Hall–Kier alpha value is -2.14. The summed E-state index contributed by atoms with van der Waals surface area (Å²) in [5.74, 6) is 2.21. The fraction of sp³-hybridized carbons (Fsp3) is 0.412. The van der Waals surface area contributed by atoms with E-state index in [1.807, 2.05) is 12.1 Å². The molecule has 1 aromatic heterocycles. The van der Waals surface area contributed by atoms with Gasteiger partial charge in [-0.1, -0.05) is 12.1 Å². The van der Waals surface area contributed by atoms with Crippen LogP contribution in [0.2, 0.25) is 0 Å². The molecule has 22 heavy (non-hydrogen) atoms. The van der Waals surface area contributed by atoms with Crippen LogP contribution >= 0.6 is 0 Å². The molecule has 0 bridgehead atoms. The van der Waals surface area contributed by atoms with E-state index in [0.717, 1.165) is 30.5 Å². The van der Waals surface area contributed by atoms with Gasteiger partial charge in [-0.3, -0.25) is 4.57 Å². The largest absolute Gasteiger partial charge is 0.383 e. The number of piperidine rings is 1. The van der Waals surface area contributed by atoms with Crippen molar-refractivity contribution in [3.05, 3.63) is 52.6 Å². The molecule has 114 valence electrons. The second-order valence-corrected chi connectivity index (χ2v) is 6.44. The van der Waals surface area contributed by atoms with Crippen LogP contribution in [-0.2, 0) is 6.42 Å². The van der Waals surface area contributed by atoms with Gasteiger partial charge in [0.1, 0.15) is 5.82 Å². The Morgan fingerprint density at radius 3 is 2.82 bits per heavy atom. The summed E-state index contributed by atoms with van der Waals surface area (Å²) in [5, 5.41) is 0. The minimum atomic E-state index is -0.336. The number of anilines is 1. The maximum atomic E-state index is 11.9. The predicted octanol–water partition coefficient (Wildman–Crippen LogP) is 1.31. The molecule has 1 aliphatic heterocycles. The summed E-state index contributed by atoms with van der Waals surface area (Å²) in [4.78, 5) is 18.3. The van der Waals surface area contributed by atoms with Crippen LogP contribution in [0.15, 0.2) is 41.3 Å². The number of hydrogen-bond donors (Lipinski definition) is 1. The van der Waals surface area contributed by atoms with Crippen molar-refractivity contribution in [1.29, 1.82) is 0 Å². The Labute approximate surface area is 129 Å². The lowest BCUT2D eigenvalue weighted by atomic mass is 10.1. The lowest BCUT2D eigenvalue weighted by molar-refractivity contribution is 0.309. The lowest BCUT2D eigenvalue weighted by Gasteiger charge is -2.17. The van der Waals surface area contributed by atoms with Crippen LogP contribution in [0.4, 0.5) is 5.82 Å². The first kappa shape index (κ1) is 13.5. The van der Waals surface area contributed by atoms with Gasteiger partial charge in [0, 0.05) is 25.8 Å². The molecule has 1 saturated heterocycles. The summed E-state index contributed by atoms with van der Waals surface area (Å²) in [6, 6.07) is 9.75. The zero-order valence-corrected chi connectivity index (χ0v) is 12.5. The molecule has 2 fully saturated rings. The van der Waals surface area contributed by atoms with Crippen LogP contribution in [0.1, 0.15) is 12.0 Å². The molecule has 2 aliphatic rings. The minimum absolute atomic E-state index is 0.255. The van der Waals surface area contributed by atoms with Crippen molar-refractivity contribution in [1.82, 2.24) is 14.5 Å². The second kappa shape index (κ2) is 5.25. The number of nitrogens with zero attached hydrogens (tertiary/aromatic N) is 3. The molecule has 1 saturated carbocycles. The molecule has 5 nitrogen and oxygen atoms in total. The lowest BCUT2D eigenvalue weighted by Crippen LogP contribution is -2.25. The fourth-order valence-electron chi connectivity index (χ4n) is 3.44. The van der Waals surface area contributed by atoms with Gasteiger partial charge in [-0.05, 0) is 48.4 Å². The smallest absolute Gasteiger partial charge is 0.354 e. The molecule has 1 aromatic carbocycles. The molecule has 4 rings (SSSR count). The third kappa shape index (κ3) is 2.64. The highest BCUT2D eigenvalue weighted by Crippen LogP contribution is 2.44. The molecule has 2 aromatic rings. The van der Waals surface area contributed by atoms with E-state index >= 15 is 0 Å². The van der Waals surface area contributed by atoms with Gasteiger partial charge >= 0.3 is 5.69 Å². The van der Waals surface area contributed by atoms with Crippen molar-refractivity contribution in [2.24, 2.45) is 11.8 Å². The van der Waals surface area contributed by atoms with E-state index in [0.29, 0.717) is 0 Å². The van der Waals surface area contributed by atoms with E-state index in [-0.39, 0.29) is 11.5 Å². The number of fused-ring (bicyclic) bond motifs is 1. The SMILES string of the molecule is Nc1ccn(-c2cccc(CCN3CC4CC4C3)c2)c(=O)n1. The normalized spacial score (nSPS) is 23.5. The summed E-state index contributed by atoms with van der Waals surface area (Å²) in [6.45, 7) is 3.64. The quantitative estimate of drug-likeness (QED) is 0.924. The van der Waals surface area contributed by atoms with Gasteiger partial charge < -0.3 is 10.6 Å². The van der Waals surface area contributed by atoms with Crippen LogP contribution in [-0.4, -0.2) is 34.1 Å². The molecule has 5 heteroatoms. The van der Waals surface area contributed by atoms with Crippen molar-refractivity contribution in [3.63, 3.8) is 0 Å². The number of aromatic nitrogens is 2. The third-order valence-electron chi connectivity index (χ3n) is 4.79. The molecule has 1 aliphatic carbocycles. The van der Waals surface area contributed by atoms with Gasteiger partial charge in [-0.2, -0.15) is 4.98 Å².